The summed E-state index contributed by atoms with van der Waals surface area (Å²) in [5.41, 5.74) is 3.62. The summed E-state index contributed by atoms with van der Waals surface area (Å²) >= 11 is 0. The lowest BCUT2D eigenvalue weighted by molar-refractivity contribution is -0.0138. The Kier molecular flexibility index (Phi) is 7.57. The summed E-state index contributed by atoms with van der Waals surface area (Å²) in [5.74, 6) is 6.88. The van der Waals surface area contributed by atoms with Gasteiger partial charge in [0.15, 0.2) is 0 Å². The van der Waals surface area contributed by atoms with Gasteiger partial charge in [-0.05, 0) is 66.1 Å². The first-order valence-corrected chi connectivity index (χ1v) is 12.5. The van der Waals surface area contributed by atoms with Gasteiger partial charge < -0.3 is 10.0 Å². The molecule has 0 unspecified atom stereocenters. The van der Waals surface area contributed by atoms with Gasteiger partial charge in [-0.3, -0.25) is 0 Å². The molecule has 0 saturated carbocycles. The first-order chi connectivity index (χ1) is 16.4. The highest BCUT2D eigenvalue weighted by Crippen LogP contribution is 2.41. The number of hydrogen-bond donors (Lipinski definition) is 1. The van der Waals surface area contributed by atoms with Crippen LogP contribution in [0.1, 0.15) is 62.3 Å². The molecule has 176 valence electrons. The van der Waals surface area contributed by atoms with E-state index in [1.54, 1.807) is 0 Å². The average Bonchev–Trinajstić information content (AvgIpc) is 2.87. The van der Waals surface area contributed by atoms with Crippen molar-refractivity contribution >= 4 is 0 Å². The Morgan fingerprint density at radius 2 is 1.29 bits per heavy atom. The first-order valence-electron chi connectivity index (χ1n) is 12.5. The summed E-state index contributed by atoms with van der Waals surface area (Å²) in [5, 5.41) is 12.0. The maximum Gasteiger partial charge on any atom is 0.117 e. The van der Waals surface area contributed by atoms with Crippen molar-refractivity contribution in [2.45, 2.75) is 51.0 Å². The van der Waals surface area contributed by atoms with Crippen LogP contribution in [0.5, 0.6) is 0 Å². The van der Waals surface area contributed by atoms with E-state index in [9.17, 15) is 5.11 Å². The second-order valence-electron chi connectivity index (χ2n) is 10.5. The Bertz CT molecular complexity index is 1050. The van der Waals surface area contributed by atoms with Crippen LogP contribution in [-0.2, 0) is 11.0 Å². The highest BCUT2D eigenvalue weighted by molar-refractivity contribution is 5.38. The lowest BCUT2D eigenvalue weighted by atomic mass is 9.72. The molecule has 0 spiro atoms. The zero-order valence-electron chi connectivity index (χ0n) is 20.8. The molecule has 3 aromatic carbocycles. The number of benzene rings is 3. The van der Waals surface area contributed by atoms with Crippen LogP contribution < -0.4 is 0 Å². The topological polar surface area (TPSA) is 23.5 Å². The molecule has 4 rings (SSSR count). The Hall–Kier alpha value is -2.86. The van der Waals surface area contributed by atoms with Gasteiger partial charge in [-0.15, -0.1) is 0 Å². The van der Waals surface area contributed by atoms with Crippen molar-refractivity contribution in [3.63, 3.8) is 0 Å². The Morgan fingerprint density at radius 1 is 0.765 bits per heavy atom. The molecule has 2 nitrogen and oxygen atoms in total. The van der Waals surface area contributed by atoms with Crippen molar-refractivity contribution in [1.29, 1.82) is 0 Å². The van der Waals surface area contributed by atoms with E-state index in [-0.39, 0.29) is 11.3 Å². The maximum absolute atomic E-state index is 12.0. The zero-order valence-corrected chi connectivity index (χ0v) is 20.8. The fraction of sp³-hybridized carbons (Fsp3) is 0.375. The molecule has 0 aromatic heterocycles. The van der Waals surface area contributed by atoms with Crippen molar-refractivity contribution in [2.24, 2.45) is 5.92 Å². The van der Waals surface area contributed by atoms with Crippen molar-refractivity contribution < 1.29 is 5.11 Å². The van der Waals surface area contributed by atoms with E-state index in [2.05, 4.69) is 86.0 Å². The lowest BCUT2D eigenvalue weighted by Gasteiger charge is -2.42. The highest BCUT2D eigenvalue weighted by atomic mass is 16.3. The molecule has 2 heteroatoms. The van der Waals surface area contributed by atoms with E-state index in [1.807, 2.05) is 36.4 Å². The summed E-state index contributed by atoms with van der Waals surface area (Å²) in [6.07, 6.45) is 2.82. The number of hydrogen-bond acceptors (Lipinski definition) is 2. The number of rotatable bonds is 5. The summed E-state index contributed by atoms with van der Waals surface area (Å²) in [6.45, 7) is 9.67. The van der Waals surface area contributed by atoms with Gasteiger partial charge in [0, 0.05) is 18.5 Å². The summed E-state index contributed by atoms with van der Waals surface area (Å²) in [4.78, 5) is 2.49. The number of aliphatic hydroxyl groups is 1. The SMILES string of the molecule is CC(C)(C)c1ccc(C#CCCN2CCC(C(O)(c3ccccc3)c3ccccc3)CC2)cc1. The molecule has 1 aliphatic heterocycles. The van der Waals surface area contributed by atoms with Crippen LogP contribution in [0, 0.1) is 17.8 Å². The fourth-order valence-corrected chi connectivity index (χ4v) is 5.03. The van der Waals surface area contributed by atoms with E-state index >= 15 is 0 Å². The van der Waals surface area contributed by atoms with Crippen molar-refractivity contribution in [3.8, 4) is 11.8 Å². The van der Waals surface area contributed by atoms with Gasteiger partial charge >= 0.3 is 0 Å². The fourth-order valence-electron chi connectivity index (χ4n) is 5.03. The number of likely N-dealkylation sites (tertiary alicyclic amines) is 1. The lowest BCUT2D eigenvalue weighted by Crippen LogP contribution is -2.44. The van der Waals surface area contributed by atoms with Crippen molar-refractivity contribution in [1.82, 2.24) is 4.90 Å². The predicted octanol–water partition coefficient (Wildman–Crippen LogP) is 6.37. The third-order valence-corrected chi connectivity index (χ3v) is 7.14. The van der Waals surface area contributed by atoms with Crippen molar-refractivity contribution in [3.05, 3.63) is 107 Å². The minimum atomic E-state index is -0.951. The van der Waals surface area contributed by atoms with E-state index in [0.29, 0.717) is 0 Å². The van der Waals surface area contributed by atoms with Crippen LogP contribution in [0.15, 0.2) is 84.9 Å². The quantitative estimate of drug-likeness (QED) is 0.455. The number of piperidine rings is 1. The van der Waals surface area contributed by atoms with Crippen molar-refractivity contribution in [2.75, 3.05) is 19.6 Å². The minimum absolute atomic E-state index is 0.172. The van der Waals surface area contributed by atoms with Gasteiger partial charge in [0.05, 0.1) is 0 Å². The molecule has 3 aromatic rings. The highest BCUT2D eigenvalue weighted by Gasteiger charge is 2.41. The molecule has 0 bridgehead atoms. The van der Waals surface area contributed by atoms with Gasteiger partial charge in [-0.25, -0.2) is 0 Å². The molecular weight excluding hydrogens is 414 g/mol. The third kappa shape index (κ3) is 5.61. The molecule has 0 aliphatic carbocycles. The third-order valence-electron chi connectivity index (χ3n) is 7.14. The van der Waals surface area contributed by atoms with E-state index in [0.717, 1.165) is 55.6 Å². The smallest absolute Gasteiger partial charge is 0.117 e. The molecule has 0 radical (unpaired) electrons. The monoisotopic (exact) mass is 451 g/mol. The standard InChI is InChI=1S/C32H37NO/c1-31(2,3)27-19-17-26(18-20-27)12-10-11-23-33-24-21-30(22-25-33)32(34,28-13-6-4-7-14-28)29-15-8-5-9-16-29/h4-9,13-20,30,34H,11,21-25H2,1-3H3. The van der Waals surface area contributed by atoms with Gasteiger partial charge in [-0.1, -0.05) is 105 Å². The molecule has 0 amide bonds. The zero-order chi connectivity index (χ0) is 24.0. The Labute approximate surface area is 205 Å². The molecule has 1 N–H and O–H groups in total. The second kappa shape index (κ2) is 10.6. The van der Waals surface area contributed by atoms with Gasteiger partial charge in [0.1, 0.15) is 5.60 Å². The van der Waals surface area contributed by atoms with Gasteiger partial charge in [-0.2, -0.15) is 0 Å². The van der Waals surface area contributed by atoms with E-state index < -0.39 is 5.60 Å². The summed E-state index contributed by atoms with van der Waals surface area (Å²) in [7, 11) is 0. The summed E-state index contributed by atoms with van der Waals surface area (Å²) in [6, 6.07) is 29.0. The van der Waals surface area contributed by atoms with Crippen LogP contribution >= 0.6 is 0 Å². The maximum atomic E-state index is 12.0. The molecule has 1 fully saturated rings. The van der Waals surface area contributed by atoms with Crippen LogP contribution in [0.4, 0.5) is 0 Å². The Morgan fingerprint density at radius 3 is 1.79 bits per heavy atom. The molecule has 0 atom stereocenters. The van der Waals surface area contributed by atoms with Gasteiger partial charge in [0.25, 0.3) is 0 Å². The molecule has 1 heterocycles. The normalized spacial score (nSPS) is 15.5. The summed E-state index contributed by atoms with van der Waals surface area (Å²) < 4.78 is 0. The van der Waals surface area contributed by atoms with E-state index in [4.69, 9.17) is 0 Å². The van der Waals surface area contributed by atoms with Gasteiger partial charge in [0.2, 0.25) is 0 Å². The van der Waals surface area contributed by atoms with E-state index in [1.165, 1.54) is 5.56 Å². The Balaban J connectivity index is 1.35. The molecule has 34 heavy (non-hydrogen) atoms. The predicted molar refractivity (Wildman–Crippen MR) is 142 cm³/mol. The molecule has 1 aliphatic rings. The minimum Gasteiger partial charge on any atom is -0.380 e. The van der Waals surface area contributed by atoms with Crippen LogP contribution in [0.2, 0.25) is 0 Å². The average molecular weight is 452 g/mol. The number of nitrogens with zero attached hydrogens (tertiary/aromatic N) is 1. The van der Waals surface area contributed by atoms with Crippen LogP contribution in [0.25, 0.3) is 0 Å². The second-order valence-corrected chi connectivity index (χ2v) is 10.5. The largest absolute Gasteiger partial charge is 0.380 e. The molecule has 1 saturated heterocycles. The molecular formula is C32H37NO. The van der Waals surface area contributed by atoms with Crippen LogP contribution in [-0.4, -0.2) is 29.6 Å². The first kappa shape index (κ1) is 24.3. The van der Waals surface area contributed by atoms with Crippen LogP contribution in [0.3, 0.4) is 0 Å².